The van der Waals surface area contributed by atoms with Crippen LogP contribution in [0.25, 0.3) is 6.08 Å². The maximum Gasteiger partial charge on any atom is 0.187 e. The number of fused-ring (bicyclic) bond motifs is 1. The third-order valence-electron chi connectivity index (χ3n) is 2.26. The molecule has 15 heavy (non-hydrogen) atoms. The highest BCUT2D eigenvalue weighted by Gasteiger charge is 2.26. The third kappa shape index (κ3) is 1.83. The maximum atomic E-state index is 10.7. The Hall–Kier alpha value is -1.48. The Bertz CT molecular complexity index is 431. The lowest BCUT2D eigenvalue weighted by Crippen LogP contribution is -2.33. The highest BCUT2D eigenvalue weighted by molar-refractivity contribution is 6.35. The number of hydrogen-bond acceptors (Lipinski definition) is 3. The Labute approximate surface area is 92.7 Å². The number of ether oxygens (including phenoxy) is 1. The summed E-state index contributed by atoms with van der Waals surface area (Å²) < 4.78 is 5.09. The van der Waals surface area contributed by atoms with Crippen LogP contribution in [0.2, 0.25) is 0 Å². The summed E-state index contributed by atoms with van der Waals surface area (Å²) in [5.41, 5.74) is 1.77. The van der Waals surface area contributed by atoms with Crippen molar-refractivity contribution in [3.05, 3.63) is 29.8 Å². The van der Waals surface area contributed by atoms with Gasteiger partial charge < -0.3 is 10.1 Å². The molecule has 1 atom stereocenters. The van der Waals surface area contributed by atoms with E-state index in [1.54, 1.807) is 19.3 Å². The number of hydrogen-bond donors (Lipinski definition) is 1. The van der Waals surface area contributed by atoms with Gasteiger partial charge in [-0.25, -0.2) is 0 Å². The van der Waals surface area contributed by atoms with Crippen molar-refractivity contribution in [1.29, 1.82) is 0 Å². The first-order valence-electron chi connectivity index (χ1n) is 4.47. The molecule has 1 N–H and O–H groups in total. The van der Waals surface area contributed by atoms with Crippen LogP contribution in [0.4, 0.5) is 5.69 Å². The summed E-state index contributed by atoms with van der Waals surface area (Å²) in [5, 5.41) is 2.93. The number of carbonyl (C=O) groups excluding carboxylic acids is 1. The van der Waals surface area contributed by atoms with Gasteiger partial charge in [-0.2, -0.15) is 0 Å². The second kappa shape index (κ2) is 3.59. The quantitative estimate of drug-likeness (QED) is 0.475. The van der Waals surface area contributed by atoms with E-state index in [9.17, 15) is 4.79 Å². The van der Waals surface area contributed by atoms with Crippen molar-refractivity contribution in [3.8, 4) is 5.75 Å². The minimum Gasteiger partial charge on any atom is -0.497 e. The molecule has 1 heterocycles. The van der Waals surface area contributed by atoms with Gasteiger partial charge in [-0.1, -0.05) is 17.7 Å². The molecule has 0 saturated heterocycles. The van der Waals surface area contributed by atoms with E-state index in [-0.39, 0.29) is 0 Å². The average molecular weight is 224 g/mol. The number of alkyl halides is 1. The van der Waals surface area contributed by atoms with Crippen molar-refractivity contribution in [2.24, 2.45) is 0 Å². The third-order valence-corrected chi connectivity index (χ3v) is 2.57. The molecule has 0 bridgehead atoms. The fourth-order valence-corrected chi connectivity index (χ4v) is 1.61. The van der Waals surface area contributed by atoms with Gasteiger partial charge in [0.05, 0.1) is 7.11 Å². The van der Waals surface area contributed by atoms with Crippen LogP contribution in [0, 0.1) is 0 Å². The first-order valence-corrected chi connectivity index (χ1v) is 4.85. The molecule has 0 fully saturated rings. The summed E-state index contributed by atoms with van der Waals surface area (Å²) in [6.07, 6.45) is 4.08. The fraction of sp³-hybridized carbons (Fsp3) is 0.182. The Kier molecular flexibility index (Phi) is 2.40. The van der Waals surface area contributed by atoms with E-state index in [4.69, 9.17) is 16.3 Å². The zero-order valence-electron chi connectivity index (χ0n) is 8.16. The predicted octanol–water partition coefficient (Wildman–Crippen LogP) is 2.27. The average Bonchev–Trinajstić information content (AvgIpc) is 2.28. The molecule has 1 unspecified atom stereocenters. The molecule has 0 amide bonds. The molecule has 0 aliphatic carbocycles. The van der Waals surface area contributed by atoms with Crippen LogP contribution in [0.5, 0.6) is 5.75 Å². The highest BCUT2D eigenvalue weighted by Crippen LogP contribution is 2.31. The normalized spacial score (nSPS) is 22.8. The van der Waals surface area contributed by atoms with E-state index in [1.807, 2.05) is 18.2 Å². The monoisotopic (exact) mass is 223 g/mol. The number of methoxy groups -OCH3 is 1. The van der Waals surface area contributed by atoms with Crippen LogP contribution in [0.15, 0.2) is 24.3 Å². The first kappa shape index (κ1) is 10.1. The predicted molar refractivity (Wildman–Crippen MR) is 60.3 cm³/mol. The molecule has 2 rings (SSSR count). The standard InChI is InChI=1S/C11H10ClNO2/c1-15-9-2-3-10-8(6-9)4-5-11(12,7-14)13-10/h2-7,13H,1H3. The molecule has 0 aromatic heterocycles. The van der Waals surface area contributed by atoms with Gasteiger partial charge >= 0.3 is 0 Å². The van der Waals surface area contributed by atoms with Gasteiger partial charge in [-0.3, -0.25) is 4.79 Å². The van der Waals surface area contributed by atoms with Crippen molar-refractivity contribution in [1.82, 2.24) is 0 Å². The number of aldehydes is 1. The minimum absolute atomic E-state index is 0.665. The summed E-state index contributed by atoms with van der Waals surface area (Å²) in [7, 11) is 1.61. The lowest BCUT2D eigenvalue weighted by molar-refractivity contribution is -0.108. The molecule has 1 aliphatic heterocycles. The van der Waals surface area contributed by atoms with Crippen molar-refractivity contribution >= 4 is 29.7 Å². The fourth-order valence-electron chi connectivity index (χ4n) is 1.45. The molecule has 1 aromatic carbocycles. The van der Waals surface area contributed by atoms with Gasteiger partial charge in [0, 0.05) is 11.3 Å². The molecule has 0 saturated carbocycles. The number of rotatable bonds is 2. The Morgan fingerprint density at radius 3 is 3.00 bits per heavy atom. The first-order chi connectivity index (χ1) is 7.17. The summed E-state index contributed by atoms with van der Waals surface area (Å²) in [6.45, 7) is 0. The molecular formula is C11H10ClNO2. The van der Waals surface area contributed by atoms with Crippen LogP contribution < -0.4 is 10.1 Å². The van der Waals surface area contributed by atoms with Crippen molar-refractivity contribution < 1.29 is 9.53 Å². The van der Waals surface area contributed by atoms with Gasteiger partial charge in [0.25, 0.3) is 0 Å². The van der Waals surface area contributed by atoms with E-state index < -0.39 is 5.00 Å². The number of benzene rings is 1. The van der Waals surface area contributed by atoms with Crippen molar-refractivity contribution in [3.63, 3.8) is 0 Å². The van der Waals surface area contributed by atoms with E-state index in [0.29, 0.717) is 6.29 Å². The highest BCUT2D eigenvalue weighted by atomic mass is 35.5. The minimum atomic E-state index is -1.12. The van der Waals surface area contributed by atoms with E-state index in [0.717, 1.165) is 17.0 Å². The van der Waals surface area contributed by atoms with Crippen LogP contribution >= 0.6 is 11.6 Å². The zero-order valence-corrected chi connectivity index (χ0v) is 8.91. The van der Waals surface area contributed by atoms with Gasteiger partial charge in [0.15, 0.2) is 11.3 Å². The van der Waals surface area contributed by atoms with Crippen molar-refractivity contribution in [2.75, 3.05) is 12.4 Å². The molecular weight excluding hydrogens is 214 g/mol. The Morgan fingerprint density at radius 1 is 1.53 bits per heavy atom. The van der Waals surface area contributed by atoms with E-state index in [2.05, 4.69) is 5.32 Å². The van der Waals surface area contributed by atoms with Crippen LogP contribution in [0.1, 0.15) is 5.56 Å². The smallest absolute Gasteiger partial charge is 0.187 e. The zero-order chi connectivity index (χ0) is 10.9. The van der Waals surface area contributed by atoms with E-state index >= 15 is 0 Å². The van der Waals surface area contributed by atoms with Gasteiger partial charge in [-0.05, 0) is 24.3 Å². The van der Waals surface area contributed by atoms with Crippen molar-refractivity contribution in [2.45, 2.75) is 5.00 Å². The summed E-state index contributed by atoms with van der Waals surface area (Å²) >= 11 is 5.96. The van der Waals surface area contributed by atoms with Gasteiger partial charge in [0.1, 0.15) is 5.75 Å². The Morgan fingerprint density at radius 2 is 2.33 bits per heavy atom. The number of halogens is 1. The lowest BCUT2D eigenvalue weighted by Gasteiger charge is -2.25. The second-order valence-corrected chi connectivity index (χ2v) is 3.92. The number of carbonyl (C=O) groups is 1. The van der Waals surface area contributed by atoms with Gasteiger partial charge in [-0.15, -0.1) is 0 Å². The number of anilines is 1. The second-order valence-electron chi connectivity index (χ2n) is 3.30. The molecule has 1 aliphatic rings. The number of nitrogens with one attached hydrogen (secondary N) is 1. The molecule has 3 nitrogen and oxygen atoms in total. The molecule has 1 aromatic rings. The van der Waals surface area contributed by atoms with E-state index in [1.165, 1.54) is 0 Å². The van der Waals surface area contributed by atoms with Crippen LogP contribution in [-0.2, 0) is 4.79 Å². The maximum absolute atomic E-state index is 10.7. The molecule has 78 valence electrons. The summed E-state index contributed by atoms with van der Waals surface area (Å²) in [4.78, 5) is 9.62. The topological polar surface area (TPSA) is 38.3 Å². The molecule has 0 spiro atoms. The molecule has 4 heteroatoms. The molecule has 0 radical (unpaired) electrons. The summed E-state index contributed by atoms with van der Waals surface area (Å²) in [5.74, 6) is 0.772. The SMILES string of the molecule is COc1ccc2c(c1)C=CC(Cl)(C=O)N2. The van der Waals surface area contributed by atoms with Crippen LogP contribution in [0.3, 0.4) is 0 Å². The Balaban J connectivity index is 2.40. The largest absolute Gasteiger partial charge is 0.497 e. The van der Waals surface area contributed by atoms with Gasteiger partial charge in [0.2, 0.25) is 0 Å². The lowest BCUT2D eigenvalue weighted by atomic mass is 10.1. The van der Waals surface area contributed by atoms with Crippen LogP contribution in [-0.4, -0.2) is 18.4 Å². The summed E-state index contributed by atoms with van der Waals surface area (Å²) in [6, 6.07) is 5.52.